The van der Waals surface area contributed by atoms with Crippen LogP contribution in [0.3, 0.4) is 0 Å². The van der Waals surface area contributed by atoms with E-state index in [9.17, 15) is 0 Å². The van der Waals surface area contributed by atoms with Crippen molar-refractivity contribution < 1.29 is 0 Å². The molecule has 0 heterocycles. The van der Waals surface area contributed by atoms with Gasteiger partial charge in [-0.2, -0.15) is 17.9 Å². The van der Waals surface area contributed by atoms with Gasteiger partial charge in [0.1, 0.15) is 0 Å². The van der Waals surface area contributed by atoms with E-state index in [2.05, 4.69) is 36.7 Å². The molecule has 0 aromatic heterocycles. The first kappa shape index (κ1) is 16.4. The van der Waals surface area contributed by atoms with E-state index >= 15 is 0 Å². The predicted molar refractivity (Wildman–Crippen MR) is 91.5 cm³/mol. The maximum atomic E-state index is 8.99. The van der Waals surface area contributed by atoms with Gasteiger partial charge in [-0.1, -0.05) is 37.8 Å². The number of thiol groups is 1. The number of nitriles is 1. The van der Waals surface area contributed by atoms with Crippen LogP contribution >= 0.6 is 12.6 Å². The van der Waals surface area contributed by atoms with Gasteiger partial charge in [0, 0.05) is 13.1 Å². The molecule has 0 atom stereocenters. The zero-order valence-corrected chi connectivity index (χ0v) is 13.9. The summed E-state index contributed by atoms with van der Waals surface area (Å²) in [5.41, 5.74) is 2.35. The molecule has 0 amide bonds. The zero-order chi connectivity index (χ0) is 15.1. The Morgan fingerprint density at radius 1 is 1.24 bits per heavy atom. The van der Waals surface area contributed by atoms with Crippen molar-refractivity contribution in [3.8, 4) is 6.07 Å². The zero-order valence-electron chi connectivity index (χ0n) is 13.0. The van der Waals surface area contributed by atoms with Crippen LogP contribution in [0, 0.1) is 16.7 Å². The Balaban J connectivity index is 1.98. The molecule has 0 N–H and O–H groups in total. The fraction of sp³-hybridized carbons (Fsp3) is 0.611. The second kappa shape index (κ2) is 7.87. The molecule has 1 aromatic carbocycles. The molecule has 21 heavy (non-hydrogen) atoms. The van der Waals surface area contributed by atoms with Crippen LogP contribution in [0.5, 0.6) is 0 Å². The van der Waals surface area contributed by atoms with Crippen molar-refractivity contribution in [2.75, 3.05) is 19.3 Å². The van der Waals surface area contributed by atoms with Gasteiger partial charge >= 0.3 is 0 Å². The van der Waals surface area contributed by atoms with Crippen molar-refractivity contribution in [3.05, 3.63) is 35.4 Å². The van der Waals surface area contributed by atoms with Gasteiger partial charge in [-0.3, -0.25) is 0 Å². The lowest BCUT2D eigenvalue weighted by Gasteiger charge is -2.35. The Labute approximate surface area is 134 Å². The number of hydrogen-bond donors (Lipinski definition) is 1. The monoisotopic (exact) mass is 302 g/mol. The average molecular weight is 302 g/mol. The van der Waals surface area contributed by atoms with Crippen LogP contribution in [0.25, 0.3) is 0 Å². The van der Waals surface area contributed by atoms with E-state index < -0.39 is 0 Å². The van der Waals surface area contributed by atoms with Gasteiger partial charge in [0.25, 0.3) is 0 Å². The number of hydrogen-bond acceptors (Lipinski definition) is 3. The van der Waals surface area contributed by atoms with Gasteiger partial charge < -0.3 is 4.90 Å². The molecule has 0 unspecified atom stereocenters. The molecule has 2 nitrogen and oxygen atoms in total. The Kier molecular flexibility index (Phi) is 6.14. The summed E-state index contributed by atoms with van der Waals surface area (Å²) in [6.07, 6.45) is 8.06. The van der Waals surface area contributed by atoms with Crippen LogP contribution in [0.15, 0.2) is 24.3 Å². The molecular weight excluding hydrogens is 276 g/mol. The molecule has 1 aliphatic rings. The molecule has 1 fully saturated rings. The van der Waals surface area contributed by atoms with E-state index in [1.807, 2.05) is 18.2 Å². The van der Waals surface area contributed by atoms with Gasteiger partial charge in [-0.15, -0.1) is 0 Å². The van der Waals surface area contributed by atoms with Crippen molar-refractivity contribution in [2.24, 2.45) is 5.41 Å². The fourth-order valence-electron chi connectivity index (χ4n) is 3.52. The Hall–Kier alpha value is -0.980. The summed E-state index contributed by atoms with van der Waals surface area (Å²) in [4.78, 5) is 2.40. The topological polar surface area (TPSA) is 27.0 Å². The highest BCUT2D eigenvalue weighted by atomic mass is 32.1. The van der Waals surface area contributed by atoms with Crippen LogP contribution in [0.4, 0.5) is 0 Å². The minimum absolute atomic E-state index is 0.376. The van der Waals surface area contributed by atoms with Gasteiger partial charge in [0.2, 0.25) is 0 Å². The highest BCUT2D eigenvalue weighted by Gasteiger charge is 2.30. The molecule has 0 spiro atoms. The van der Waals surface area contributed by atoms with E-state index in [1.54, 1.807) is 0 Å². The third-order valence-corrected chi connectivity index (χ3v) is 5.28. The minimum atomic E-state index is 0.376. The van der Waals surface area contributed by atoms with Gasteiger partial charge in [-0.05, 0) is 48.8 Å². The SMILES string of the molecule is CN(Cc1cccc(C#N)c1)CC1(CS)CCCCCC1. The Bertz CT molecular complexity index is 484. The first-order valence-corrected chi connectivity index (χ1v) is 8.59. The van der Waals surface area contributed by atoms with Crippen LogP contribution in [-0.4, -0.2) is 24.2 Å². The van der Waals surface area contributed by atoms with E-state index in [1.165, 1.54) is 44.1 Å². The highest BCUT2D eigenvalue weighted by molar-refractivity contribution is 7.80. The predicted octanol–water partition coefficient (Wildman–Crippen LogP) is 4.26. The van der Waals surface area contributed by atoms with Crippen LogP contribution in [-0.2, 0) is 6.54 Å². The smallest absolute Gasteiger partial charge is 0.0991 e. The van der Waals surface area contributed by atoms with Gasteiger partial charge in [0.05, 0.1) is 11.6 Å². The third kappa shape index (κ3) is 4.76. The van der Waals surface area contributed by atoms with Crippen molar-refractivity contribution >= 4 is 12.6 Å². The third-order valence-electron chi connectivity index (χ3n) is 4.61. The lowest BCUT2D eigenvalue weighted by atomic mass is 9.81. The summed E-state index contributed by atoms with van der Waals surface area (Å²) in [5, 5.41) is 8.99. The fourth-order valence-corrected chi connectivity index (χ4v) is 3.94. The standard InChI is InChI=1S/C18H26N2S/c1-20(13-17-8-6-7-16(11-17)12-19)14-18(15-21)9-4-2-3-5-10-18/h6-8,11,21H,2-5,9-10,13-15H2,1H3. The number of benzene rings is 1. The first-order chi connectivity index (χ1) is 10.2. The van der Waals surface area contributed by atoms with Crippen LogP contribution in [0.2, 0.25) is 0 Å². The van der Waals surface area contributed by atoms with Gasteiger partial charge in [-0.25, -0.2) is 0 Å². The summed E-state index contributed by atoms with van der Waals surface area (Å²) in [5.74, 6) is 0.982. The number of nitrogens with zero attached hydrogens (tertiary/aromatic N) is 2. The van der Waals surface area contributed by atoms with E-state index in [4.69, 9.17) is 5.26 Å². The maximum Gasteiger partial charge on any atom is 0.0991 e. The minimum Gasteiger partial charge on any atom is -0.302 e. The number of rotatable bonds is 5. The van der Waals surface area contributed by atoms with E-state index in [0.717, 1.165) is 24.4 Å². The summed E-state index contributed by atoms with van der Waals surface area (Å²) in [6, 6.07) is 10.2. The van der Waals surface area contributed by atoms with Crippen LogP contribution in [0.1, 0.15) is 49.7 Å². The Morgan fingerprint density at radius 3 is 2.57 bits per heavy atom. The highest BCUT2D eigenvalue weighted by Crippen LogP contribution is 2.36. The quantitative estimate of drug-likeness (QED) is 0.650. The van der Waals surface area contributed by atoms with E-state index in [0.29, 0.717) is 5.41 Å². The maximum absolute atomic E-state index is 8.99. The van der Waals surface area contributed by atoms with Crippen molar-refractivity contribution in [3.63, 3.8) is 0 Å². The lowest BCUT2D eigenvalue weighted by Crippen LogP contribution is -2.36. The van der Waals surface area contributed by atoms with E-state index in [-0.39, 0.29) is 0 Å². The lowest BCUT2D eigenvalue weighted by molar-refractivity contribution is 0.170. The van der Waals surface area contributed by atoms with Crippen molar-refractivity contribution in [1.82, 2.24) is 4.90 Å². The first-order valence-electron chi connectivity index (χ1n) is 7.96. The molecule has 2 rings (SSSR count). The summed E-state index contributed by atoms with van der Waals surface area (Å²) in [6.45, 7) is 2.01. The molecule has 0 radical (unpaired) electrons. The molecule has 0 saturated heterocycles. The summed E-state index contributed by atoms with van der Waals surface area (Å²) in [7, 11) is 2.19. The molecule has 3 heteroatoms. The van der Waals surface area contributed by atoms with Crippen LogP contribution < -0.4 is 0 Å². The molecule has 114 valence electrons. The largest absolute Gasteiger partial charge is 0.302 e. The molecule has 1 saturated carbocycles. The second-order valence-electron chi connectivity index (χ2n) is 6.56. The molecule has 0 bridgehead atoms. The van der Waals surface area contributed by atoms with Crippen molar-refractivity contribution in [1.29, 1.82) is 5.26 Å². The Morgan fingerprint density at radius 2 is 1.95 bits per heavy atom. The normalized spacial score (nSPS) is 18.2. The van der Waals surface area contributed by atoms with Crippen molar-refractivity contribution in [2.45, 2.75) is 45.1 Å². The molecule has 0 aliphatic heterocycles. The second-order valence-corrected chi connectivity index (χ2v) is 6.87. The molecule has 1 aliphatic carbocycles. The summed E-state index contributed by atoms with van der Waals surface area (Å²) >= 11 is 4.66. The summed E-state index contributed by atoms with van der Waals surface area (Å²) < 4.78 is 0. The average Bonchev–Trinajstić information content (AvgIpc) is 2.73. The molecule has 1 aromatic rings. The van der Waals surface area contributed by atoms with Gasteiger partial charge in [0.15, 0.2) is 0 Å². The molecular formula is C18H26N2S.